The molecule has 0 aliphatic heterocycles. The first-order valence-corrected chi connectivity index (χ1v) is 6.18. The van der Waals surface area contributed by atoms with E-state index >= 15 is 0 Å². The number of anilines is 1. The molecule has 1 N–H and O–H groups in total. The Morgan fingerprint density at radius 3 is 2.75 bits per heavy atom. The number of hydrogen-bond donors (Lipinski definition) is 1. The van der Waals surface area contributed by atoms with Gasteiger partial charge in [-0.05, 0) is 26.0 Å². The van der Waals surface area contributed by atoms with Crippen LogP contribution in [0.15, 0.2) is 24.4 Å². The number of nitrogens with one attached hydrogen (secondary N) is 1. The highest BCUT2D eigenvalue weighted by molar-refractivity contribution is 6.04. The Morgan fingerprint density at radius 2 is 2.05 bits per heavy atom. The molecule has 0 saturated carbocycles. The van der Waals surface area contributed by atoms with Gasteiger partial charge >= 0.3 is 0 Å². The fourth-order valence-corrected chi connectivity index (χ4v) is 2.07. The molecule has 3 rings (SSSR count). The minimum absolute atomic E-state index is 0.198. The van der Waals surface area contributed by atoms with Crippen molar-refractivity contribution in [3.63, 3.8) is 0 Å². The maximum atomic E-state index is 12.2. The number of nitrogens with zero attached hydrogens (tertiary/aromatic N) is 5. The summed E-state index contributed by atoms with van der Waals surface area (Å²) in [5.74, 6) is 1.25. The maximum Gasteiger partial charge on any atom is 0.256 e. The molecule has 3 aromatic rings. The summed E-state index contributed by atoms with van der Waals surface area (Å²) < 4.78 is 3.46. The zero-order valence-electron chi connectivity index (χ0n) is 11.5. The fraction of sp³-hybridized carbons (Fsp3) is 0.231. The fourth-order valence-electron chi connectivity index (χ4n) is 2.07. The summed E-state index contributed by atoms with van der Waals surface area (Å²) >= 11 is 0. The van der Waals surface area contributed by atoms with Crippen LogP contribution in [0.3, 0.4) is 0 Å². The van der Waals surface area contributed by atoms with Gasteiger partial charge in [-0.25, -0.2) is 0 Å². The van der Waals surface area contributed by atoms with Gasteiger partial charge in [0, 0.05) is 24.9 Å². The summed E-state index contributed by atoms with van der Waals surface area (Å²) in [6.07, 6.45) is 1.79. The topological polar surface area (TPSA) is 77.1 Å². The number of pyridine rings is 1. The lowest BCUT2D eigenvalue weighted by Gasteiger charge is -2.05. The average Bonchev–Trinajstić information content (AvgIpc) is 2.93. The molecule has 0 atom stereocenters. The summed E-state index contributed by atoms with van der Waals surface area (Å²) in [7, 11) is 1.79. The van der Waals surface area contributed by atoms with E-state index in [1.165, 1.54) is 0 Å². The Labute approximate surface area is 115 Å². The highest BCUT2D eigenvalue weighted by atomic mass is 16.1. The number of amides is 1. The van der Waals surface area contributed by atoms with Gasteiger partial charge in [0.25, 0.3) is 5.91 Å². The molecule has 7 heteroatoms. The summed E-state index contributed by atoms with van der Waals surface area (Å²) in [6, 6.07) is 5.26. The van der Waals surface area contributed by atoms with Crippen LogP contribution in [0, 0.1) is 13.8 Å². The van der Waals surface area contributed by atoms with Crippen LogP contribution >= 0.6 is 0 Å². The summed E-state index contributed by atoms with van der Waals surface area (Å²) in [4.78, 5) is 12.2. The van der Waals surface area contributed by atoms with Gasteiger partial charge in [-0.2, -0.15) is 5.10 Å². The van der Waals surface area contributed by atoms with Crippen LogP contribution in [0.25, 0.3) is 5.65 Å². The van der Waals surface area contributed by atoms with Crippen LogP contribution in [0.2, 0.25) is 0 Å². The summed E-state index contributed by atoms with van der Waals surface area (Å²) in [6.45, 7) is 3.73. The number of hydrogen-bond acceptors (Lipinski definition) is 4. The monoisotopic (exact) mass is 270 g/mol. The Hall–Kier alpha value is -2.70. The van der Waals surface area contributed by atoms with Gasteiger partial charge in [0.05, 0.1) is 5.69 Å². The standard InChI is InChI=1S/C13H14N6O/c1-8-6-11(18(3)17-8)14-13(20)10-4-5-19-9(2)15-16-12(19)7-10/h4-7H,1-3H3,(H,14,20). The van der Waals surface area contributed by atoms with Crippen molar-refractivity contribution in [3.05, 3.63) is 41.5 Å². The minimum atomic E-state index is -0.198. The third-order valence-corrected chi connectivity index (χ3v) is 3.09. The number of aromatic nitrogens is 5. The Balaban J connectivity index is 1.90. The molecule has 3 heterocycles. The predicted molar refractivity (Wildman–Crippen MR) is 73.6 cm³/mol. The largest absolute Gasteiger partial charge is 0.307 e. The van der Waals surface area contributed by atoms with Crippen molar-refractivity contribution in [2.75, 3.05) is 5.32 Å². The van der Waals surface area contributed by atoms with E-state index in [1.54, 1.807) is 30.1 Å². The first-order chi connectivity index (χ1) is 9.54. The molecule has 0 unspecified atom stereocenters. The van der Waals surface area contributed by atoms with Crippen LogP contribution in [0.5, 0.6) is 0 Å². The predicted octanol–water partition coefficient (Wildman–Crippen LogP) is 1.33. The Kier molecular flexibility index (Phi) is 2.74. The summed E-state index contributed by atoms with van der Waals surface area (Å²) in [5.41, 5.74) is 2.03. The van der Waals surface area contributed by atoms with Crippen molar-refractivity contribution in [1.29, 1.82) is 0 Å². The van der Waals surface area contributed by atoms with Crippen molar-refractivity contribution in [3.8, 4) is 0 Å². The van der Waals surface area contributed by atoms with Gasteiger partial charge in [0.15, 0.2) is 5.65 Å². The zero-order chi connectivity index (χ0) is 14.3. The molecule has 102 valence electrons. The van der Waals surface area contributed by atoms with Gasteiger partial charge in [0.2, 0.25) is 0 Å². The third-order valence-electron chi connectivity index (χ3n) is 3.09. The third kappa shape index (κ3) is 2.03. The number of carbonyl (C=O) groups excluding carboxylic acids is 1. The second-order valence-electron chi connectivity index (χ2n) is 4.64. The van der Waals surface area contributed by atoms with Crippen molar-refractivity contribution < 1.29 is 4.79 Å². The molecule has 0 aliphatic rings. The second-order valence-corrected chi connectivity index (χ2v) is 4.64. The van der Waals surface area contributed by atoms with Gasteiger partial charge < -0.3 is 5.32 Å². The number of fused-ring (bicyclic) bond motifs is 1. The molecule has 7 nitrogen and oxygen atoms in total. The second kappa shape index (κ2) is 4.44. The van der Waals surface area contributed by atoms with Crippen LogP contribution < -0.4 is 5.32 Å². The van der Waals surface area contributed by atoms with Crippen LogP contribution in [0.4, 0.5) is 5.82 Å². The molecule has 0 aliphatic carbocycles. The molecule has 3 aromatic heterocycles. The van der Waals surface area contributed by atoms with Crippen LogP contribution in [-0.4, -0.2) is 30.3 Å². The van der Waals surface area contributed by atoms with Crippen molar-refractivity contribution in [2.24, 2.45) is 7.05 Å². The summed E-state index contributed by atoms with van der Waals surface area (Å²) in [5, 5.41) is 15.0. The molecule has 0 spiro atoms. The van der Waals surface area contributed by atoms with E-state index in [9.17, 15) is 4.79 Å². The average molecular weight is 270 g/mol. The molecule has 20 heavy (non-hydrogen) atoms. The quantitative estimate of drug-likeness (QED) is 0.762. The highest BCUT2D eigenvalue weighted by Crippen LogP contribution is 2.12. The smallest absolute Gasteiger partial charge is 0.256 e. The molecular formula is C13H14N6O. The van der Waals surface area contributed by atoms with E-state index in [0.717, 1.165) is 11.5 Å². The van der Waals surface area contributed by atoms with Crippen molar-refractivity contribution in [2.45, 2.75) is 13.8 Å². The number of aryl methyl sites for hydroxylation is 3. The number of rotatable bonds is 2. The van der Waals surface area contributed by atoms with Crippen LogP contribution in [0.1, 0.15) is 21.9 Å². The van der Waals surface area contributed by atoms with E-state index < -0.39 is 0 Å². The zero-order valence-corrected chi connectivity index (χ0v) is 11.5. The molecule has 0 fully saturated rings. The molecular weight excluding hydrogens is 256 g/mol. The Bertz CT molecular complexity index is 800. The SMILES string of the molecule is Cc1cc(NC(=O)c2ccn3c(C)nnc3c2)n(C)n1. The van der Waals surface area contributed by atoms with Crippen molar-refractivity contribution in [1.82, 2.24) is 24.4 Å². The minimum Gasteiger partial charge on any atom is -0.307 e. The van der Waals surface area contributed by atoms with Gasteiger partial charge in [-0.3, -0.25) is 13.9 Å². The molecule has 0 bridgehead atoms. The van der Waals surface area contributed by atoms with E-state index in [2.05, 4.69) is 20.6 Å². The molecule has 0 radical (unpaired) electrons. The number of carbonyl (C=O) groups is 1. The van der Waals surface area contributed by atoms with E-state index in [4.69, 9.17) is 0 Å². The highest BCUT2D eigenvalue weighted by Gasteiger charge is 2.11. The van der Waals surface area contributed by atoms with E-state index in [1.807, 2.05) is 24.3 Å². The van der Waals surface area contributed by atoms with Gasteiger partial charge in [0.1, 0.15) is 11.6 Å². The molecule has 0 saturated heterocycles. The molecule has 1 amide bonds. The van der Waals surface area contributed by atoms with Gasteiger partial charge in [-0.15, -0.1) is 10.2 Å². The lowest BCUT2D eigenvalue weighted by atomic mass is 10.2. The first-order valence-electron chi connectivity index (χ1n) is 6.18. The van der Waals surface area contributed by atoms with E-state index in [-0.39, 0.29) is 5.91 Å². The van der Waals surface area contributed by atoms with Gasteiger partial charge in [-0.1, -0.05) is 0 Å². The lowest BCUT2D eigenvalue weighted by molar-refractivity contribution is 0.102. The first kappa shape index (κ1) is 12.3. The Morgan fingerprint density at radius 1 is 1.25 bits per heavy atom. The van der Waals surface area contributed by atoms with Crippen LogP contribution in [-0.2, 0) is 7.05 Å². The van der Waals surface area contributed by atoms with E-state index in [0.29, 0.717) is 17.0 Å². The van der Waals surface area contributed by atoms with Crippen molar-refractivity contribution >= 4 is 17.4 Å². The normalized spacial score (nSPS) is 10.9. The maximum absolute atomic E-state index is 12.2. The lowest BCUT2D eigenvalue weighted by Crippen LogP contribution is -2.14. The molecule has 0 aromatic carbocycles.